The summed E-state index contributed by atoms with van der Waals surface area (Å²) in [4.78, 5) is 3.94. The molecule has 1 N–H and O–H groups in total. The molecule has 0 aromatic carbocycles. The molecule has 0 saturated carbocycles. The van der Waals surface area contributed by atoms with Gasteiger partial charge >= 0.3 is 0 Å². The zero-order chi connectivity index (χ0) is 15.5. The number of aromatic nitrogens is 1. The van der Waals surface area contributed by atoms with E-state index in [0.29, 0.717) is 31.2 Å². The Hall–Kier alpha value is -1.20. The maximum atomic E-state index is 14.2. The molecule has 0 unspecified atom stereocenters. The number of hydrogen-bond donors (Lipinski definition) is 1. The Morgan fingerprint density at radius 1 is 1.29 bits per heavy atom. The van der Waals surface area contributed by atoms with Gasteiger partial charge in [0.25, 0.3) is 5.88 Å². The van der Waals surface area contributed by atoms with Crippen LogP contribution in [-0.2, 0) is 11.3 Å². The van der Waals surface area contributed by atoms with Crippen LogP contribution in [0.4, 0.5) is 4.39 Å². The Bertz CT molecular complexity index is 400. The lowest BCUT2D eigenvalue weighted by atomic mass is 10.2. The van der Waals surface area contributed by atoms with E-state index in [1.165, 1.54) is 0 Å². The zero-order valence-corrected chi connectivity index (χ0v) is 13.3. The average Bonchev–Trinajstić information content (AvgIpc) is 2.45. The van der Waals surface area contributed by atoms with Gasteiger partial charge in [-0.15, -0.1) is 0 Å². The number of hydrogen-bond acceptors (Lipinski definition) is 4. The number of unbranched alkanes of at least 4 members (excludes halogenated alkanes) is 1. The first-order valence-electron chi connectivity index (χ1n) is 7.69. The summed E-state index contributed by atoms with van der Waals surface area (Å²) in [5, 5.41) is 3.21. The molecule has 0 atom stereocenters. The van der Waals surface area contributed by atoms with Crippen molar-refractivity contribution in [2.24, 2.45) is 5.92 Å². The molecule has 0 radical (unpaired) electrons. The third-order valence-electron chi connectivity index (χ3n) is 2.91. The molecular weight excluding hydrogens is 271 g/mol. The van der Waals surface area contributed by atoms with Crippen molar-refractivity contribution in [3.63, 3.8) is 0 Å². The molecule has 0 aliphatic rings. The molecule has 1 heterocycles. The molecule has 0 aliphatic carbocycles. The molecular formula is C16H27FN2O2. The third-order valence-corrected chi connectivity index (χ3v) is 2.91. The first-order chi connectivity index (χ1) is 10.1. The van der Waals surface area contributed by atoms with Crippen LogP contribution in [-0.4, -0.2) is 31.3 Å². The Kier molecular flexibility index (Phi) is 8.94. The van der Waals surface area contributed by atoms with Gasteiger partial charge in [0.15, 0.2) is 5.82 Å². The Morgan fingerprint density at radius 3 is 2.81 bits per heavy atom. The second-order valence-corrected chi connectivity index (χ2v) is 5.43. The van der Waals surface area contributed by atoms with Crippen molar-refractivity contribution in [3.05, 3.63) is 23.6 Å². The topological polar surface area (TPSA) is 43.4 Å². The zero-order valence-electron chi connectivity index (χ0n) is 13.3. The Balaban J connectivity index is 2.37. The molecule has 0 saturated heterocycles. The van der Waals surface area contributed by atoms with E-state index in [1.54, 1.807) is 12.3 Å². The fraction of sp³-hybridized carbons (Fsp3) is 0.688. The molecule has 0 amide bonds. The van der Waals surface area contributed by atoms with Gasteiger partial charge in [-0.05, 0) is 24.9 Å². The van der Waals surface area contributed by atoms with Crippen LogP contribution in [0.15, 0.2) is 12.3 Å². The van der Waals surface area contributed by atoms with Gasteiger partial charge in [0.2, 0.25) is 0 Å². The number of nitrogens with zero attached hydrogens (tertiary/aromatic N) is 1. The lowest BCUT2D eigenvalue weighted by Crippen LogP contribution is -2.20. The number of pyridine rings is 1. The van der Waals surface area contributed by atoms with Crippen LogP contribution in [0.3, 0.4) is 0 Å². The molecule has 21 heavy (non-hydrogen) atoms. The van der Waals surface area contributed by atoms with Gasteiger partial charge in [0, 0.05) is 24.9 Å². The van der Waals surface area contributed by atoms with E-state index in [1.807, 2.05) is 0 Å². The number of ether oxygens (including phenoxy) is 2. The summed E-state index contributed by atoms with van der Waals surface area (Å²) in [6.45, 7) is 9.16. The van der Waals surface area contributed by atoms with Crippen LogP contribution in [0.5, 0.6) is 5.88 Å². The largest absolute Gasteiger partial charge is 0.473 e. The van der Waals surface area contributed by atoms with E-state index in [-0.39, 0.29) is 11.7 Å². The van der Waals surface area contributed by atoms with Gasteiger partial charge in [-0.1, -0.05) is 27.2 Å². The van der Waals surface area contributed by atoms with Gasteiger partial charge in [-0.3, -0.25) is 0 Å². The summed E-state index contributed by atoms with van der Waals surface area (Å²) in [7, 11) is 0. The normalized spacial score (nSPS) is 11.1. The molecule has 120 valence electrons. The quantitative estimate of drug-likeness (QED) is 0.637. The van der Waals surface area contributed by atoms with Gasteiger partial charge in [-0.2, -0.15) is 0 Å². The van der Waals surface area contributed by atoms with Crippen molar-refractivity contribution in [1.82, 2.24) is 10.3 Å². The van der Waals surface area contributed by atoms with Crippen LogP contribution < -0.4 is 10.1 Å². The number of rotatable bonds is 11. The van der Waals surface area contributed by atoms with Crippen LogP contribution in [0.25, 0.3) is 0 Å². The van der Waals surface area contributed by atoms with Crippen molar-refractivity contribution in [1.29, 1.82) is 0 Å². The molecule has 0 aliphatic heterocycles. The monoisotopic (exact) mass is 298 g/mol. The van der Waals surface area contributed by atoms with Crippen LogP contribution in [0.2, 0.25) is 0 Å². The average molecular weight is 298 g/mol. The van der Waals surface area contributed by atoms with Crippen molar-refractivity contribution in [3.8, 4) is 5.88 Å². The van der Waals surface area contributed by atoms with Crippen LogP contribution >= 0.6 is 0 Å². The summed E-state index contributed by atoms with van der Waals surface area (Å²) < 4.78 is 24.9. The van der Waals surface area contributed by atoms with Gasteiger partial charge in [0.1, 0.15) is 6.61 Å². The number of halogens is 1. The SMILES string of the molecule is CCCCOCCOc1nccc(CNCC(C)C)c1F. The predicted molar refractivity (Wildman–Crippen MR) is 82.0 cm³/mol. The maximum Gasteiger partial charge on any atom is 0.250 e. The Labute approximate surface area is 127 Å². The lowest BCUT2D eigenvalue weighted by molar-refractivity contribution is 0.0948. The molecule has 4 nitrogen and oxygen atoms in total. The summed E-state index contributed by atoms with van der Waals surface area (Å²) in [5.41, 5.74) is 0.576. The highest BCUT2D eigenvalue weighted by atomic mass is 19.1. The van der Waals surface area contributed by atoms with Crippen molar-refractivity contribution < 1.29 is 13.9 Å². The number of nitrogens with one attached hydrogen (secondary N) is 1. The highest BCUT2D eigenvalue weighted by molar-refractivity contribution is 5.23. The predicted octanol–water partition coefficient (Wildman–Crippen LogP) is 3.16. The van der Waals surface area contributed by atoms with E-state index >= 15 is 0 Å². The highest BCUT2D eigenvalue weighted by Crippen LogP contribution is 2.17. The van der Waals surface area contributed by atoms with E-state index in [4.69, 9.17) is 9.47 Å². The fourth-order valence-corrected chi connectivity index (χ4v) is 1.74. The minimum atomic E-state index is -0.387. The smallest absolute Gasteiger partial charge is 0.250 e. The summed E-state index contributed by atoms with van der Waals surface area (Å²) >= 11 is 0. The van der Waals surface area contributed by atoms with E-state index in [9.17, 15) is 4.39 Å². The first kappa shape index (κ1) is 17.9. The molecule has 1 aromatic heterocycles. The van der Waals surface area contributed by atoms with Gasteiger partial charge in [-0.25, -0.2) is 9.37 Å². The molecule has 0 spiro atoms. The highest BCUT2D eigenvalue weighted by Gasteiger charge is 2.10. The van der Waals surface area contributed by atoms with Gasteiger partial charge < -0.3 is 14.8 Å². The van der Waals surface area contributed by atoms with Crippen LogP contribution in [0.1, 0.15) is 39.2 Å². The standard InChI is InChI=1S/C16H27FN2O2/c1-4-5-8-20-9-10-21-16-15(17)14(6-7-19-16)12-18-11-13(2)3/h6-7,13,18H,4-5,8-12H2,1-3H3. The van der Waals surface area contributed by atoms with E-state index in [0.717, 1.165) is 26.0 Å². The molecule has 5 heteroatoms. The first-order valence-corrected chi connectivity index (χ1v) is 7.69. The fourth-order valence-electron chi connectivity index (χ4n) is 1.74. The second-order valence-electron chi connectivity index (χ2n) is 5.43. The van der Waals surface area contributed by atoms with E-state index in [2.05, 4.69) is 31.1 Å². The minimum absolute atomic E-state index is 0.0536. The molecule has 0 fully saturated rings. The lowest BCUT2D eigenvalue weighted by Gasteiger charge is -2.11. The van der Waals surface area contributed by atoms with Crippen molar-refractivity contribution in [2.45, 2.75) is 40.2 Å². The summed E-state index contributed by atoms with van der Waals surface area (Å²) in [5.74, 6) is 0.200. The maximum absolute atomic E-state index is 14.2. The minimum Gasteiger partial charge on any atom is -0.473 e. The molecule has 1 rings (SSSR count). The summed E-state index contributed by atoms with van der Waals surface area (Å²) in [6, 6.07) is 1.67. The van der Waals surface area contributed by atoms with Crippen molar-refractivity contribution in [2.75, 3.05) is 26.4 Å². The second kappa shape index (κ2) is 10.5. The third kappa shape index (κ3) is 7.39. The molecule has 0 bridgehead atoms. The molecule has 1 aromatic rings. The Morgan fingerprint density at radius 2 is 2.10 bits per heavy atom. The van der Waals surface area contributed by atoms with Crippen molar-refractivity contribution >= 4 is 0 Å². The van der Waals surface area contributed by atoms with Crippen LogP contribution in [0, 0.1) is 11.7 Å². The summed E-state index contributed by atoms with van der Waals surface area (Å²) in [6.07, 6.45) is 3.70. The van der Waals surface area contributed by atoms with Gasteiger partial charge in [0.05, 0.1) is 6.61 Å². The van der Waals surface area contributed by atoms with E-state index < -0.39 is 0 Å².